The maximum Gasteiger partial charge on any atom is 0.325 e. The van der Waals surface area contributed by atoms with Gasteiger partial charge in [0, 0.05) is 16.6 Å². The molecule has 0 heterocycles. The van der Waals surface area contributed by atoms with Gasteiger partial charge < -0.3 is 9.94 Å². The third-order valence-corrected chi connectivity index (χ3v) is 4.47. The van der Waals surface area contributed by atoms with Gasteiger partial charge in [0.05, 0.1) is 12.5 Å². The summed E-state index contributed by atoms with van der Waals surface area (Å²) in [6.45, 7) is 7.51. The zero-order valence-electron chi connectivity index (χ0n) is 10.7. The zero-order valence-corrected chi connectivity index (χ0v) is 12.4. The van der Waals surface area contributed by atoms with Crippen LogP contribution in [0.3, 0.4) is 0 Å². The van der Waals surface area contributed by atoms with Crippen molar-refractivity contribution >= 4 is 27.7 Å². The number of carbonyl (C=O) groups is 1. The standard InChI is InChI=1S/C10H22N2O3S2/c1-9(2,5-7(13)15-11)8(14)10(3,4)6-16-17-12/h8,14H,5-6,11-12H2,1-4H3. The van der Waals surface area contributed by atoms with E-state index in [9.17, 15) is 9.90 Å². The first-order valence-corrected chi connectivity index (χ1v) is 7.61. The Morgan fingerprint density at radius 3 is 2.29 bits per heavy atom. The van der Waals surface area contributed by atoms with Gasteiger partial charge in [0.25, 0.3) is 0 Å². The predicted molar refractivity (Wildman–Crippen MR) is 72.7 cm³/mol. The molecule has 0 aliphatic carbocycles. The topological polar surface area (TPSA) is 98.6 Å². The van der Waals surface area contributed by atoms with Gasteiger partial charge in [-0.2, -0.15) is 5.90 Å². The lowest BCUT2D eigenvalue weighted by Gasteiger charge is -2.40. The molecule has 0 rings (SSSR count). The highest BCUT2D eigenvalue weighted by atomic mass is 33.1. The van der Waals surface area contributed by atoms with Crippen LogP contribution in [0.25, 0.3) is 0 Å². The minimum atomic E-state index is -0.659. The van der Waals surface area contributed by atoms with Crippen LogP contribution in [0.15, 0.2) is 0 Å². The number of rotatable bonds is 7. The van der Waals surface area contributed by atoms with Gasteiger partial charge in [-0.25, -0.2) is 0 Å². The first-order chi connectivity index (χ1) is 7.67. The number of hydrogen-bond acceptors (Lipinski definition) is 7. The minimum absolute atomic E-state index is 0.0779. The SMILES string of the molecule is CC(C)(CSSN)C(O)C(C)(C)CC(=O)ON. The van der Waals surface area contributed by atoms with Crippen LogP contribution in [0, 0.1) is 10.8 Å². The third kappa shape index (κ3) is 5.48. The number of aliphatic hydroxyl groups excluding tert-OH is 1. The van der Waals surface area contributed by atoms with Crippen molar-refractivity contribution in [1.82, 2.24) is 0 Å². The summed E-state index contributed by atoms with van der Waals surface area (Å²) < 4.78 is 0. The first-order valence-electron chi connectivity index (χ1n) is 5.23. The van der Waals surface area contributed by atoms with E-state index in [1.807, 2.05) is 27.7 Å². The van der Waals surface area contributed by atoms with Crippen LogP contribution in [-0.2, 0) is 9.63 Å². The molecule has 0 aliphatic rings. The molecule has 0 saturated heterocycles. The molecular weight excluding hydrogens is 260 g/mol. The van der Waals surface area contributed by atoms with E-state index in [1.165, 1.54) is 21.8 Å². The second-order valence-corrected chi connectivity index (χ2v) is 7.41. The summed E-state index contributed by atoms with van der Waals surface area (Å²) in [6, 6.07) is 0. The fraction of sp³-hybridized carbons (Fsp3) is 0.900. The number of carbonyl (C=O) groups excluding carboxylic acids is 1. The highest BCUT2D eigenvalue weighted by molar-refractivity contribution is 8.75. The lowest BCUT2D eigenvalue weighted by atomic mass is 9.71. The molecule has 0 aromatic carbocycles. The molecule has 1 atom stereocenters. The number of aliphatic hydroxyl groups is 1. The van der Waals surface area contributed by atoms with E-state index in [2.05, 4.69) is 4.84 Å². The van der Waals surface area contributed by atoms with Crippen molar-refractivity contribution in [2.45, 2.75) is 40.2 Å². The van der Waals surface area contributed by atoms with E-state index in [-0.39, 0.29) is 11.8 Å². The van der Waals surface area contributed by atoms with Gasteiger partial charge in [-0.05, 0) is 11.0 Å². The molecule has 102 valence electrons. The Hall–Kier alpha value is 0.0500. The first kappa shape index (κ1) is 17.1. The van der Waals surface area contributed by atoms with Gasteiger partial charge in [-0.3, -0.25) is 9.93 Å². The summed E-state index contributed by atoms with van der Waals surface area (Å²) >= 11 is 0. The van der Waals surface area contributed by atoms with E-state index in [0.717, 1.165) is 0 Å². The van der Waals surface area contributed by atoms with Gasteiger partial charge in [-0.15, -0.1) is 0 Å². The normalized spacial score (nSPS) is 14.5. The number of nitrogens with two attached hydrogens (primary N) is 2. The molecule has 17 heavy (non-hydrogen) atoms. The molecule has 0 aromatic heterocycles. The molecule has 0 fully saturated rings. The van der Waals surface area contributed by atoms with E-state index < -0.39 is 17.5 Å². The highest BCUT2D eigenvalue weighted by Crippen LogP contribution is 2.40. The van der Waals surface area contributed by atoms with Crippen molar-refractivity contribution in [2.75, 3.05) is 5.75 Å². The van der Waals surface area contributed by atoms with Crippen LogP contribution >= 0.6 is 21.8 Å². The molecule has 0 bridgehead atoms. The molecule has 0 saturated carbocycles. The summed E-state index contributed by atoms with van der Waals surface area (Å²) in [5, 5.41) is 15.7. The van der Waals surface area contributed by atoms with E-state index in [0.29, 0.717) is 5.75 Å². The van der Waals surface area contributed by atoms with Crippen molar-refractivity contribution in [3.05, 3.63) is 0 Å². The molecule has 0 aliphatic heterocycles. The van der Waals surface area contributed by atoms with Gasteiger partial charge in [0.15, 0.2) is 0 Å². The smallest absolute Gasteiger partial charge is 0.325 e. The van der Waals surface area contributed by atoms with Crippen molar-refractivity contribution in [3.63, 3.8) is 0 Å². The van der Waals surface area contributed by atoms with Crippen molar-refractivity contribution < 1.29 is 14.7 Å². The van der Waals surface area contributed by atoms with Crippen LogP contribution in [0.5, 0.6) is 0 Å². The van der Waals surface area contributed by atoms with E-state index in [1.54, 1.807) is 0 Å². The number of hydrogen-bond donors (Lipinski definition) is 3. The molecular formula is C10H22N2O3S2. The Kier molecular flexibility index (Phi) is 6.86. The summed E-state index contributed by atoms with van der Waals surface area (Å²) in [7, 11) is 2.65. The Labute approximate surface area is 111 Å². The lowest BCUT2D eigenvalue weighted by Crippen LogP contribution is -2.44. The Balaban J connectivity index is 4.63. The molecule has 0 radical (unpaired) electrons. The lowest BCUT2D eigenvalue weighted by molar-refractivity contribution is -0.150. The van der Waals surface area contributed by atoms with Crippen LogP contribution in [-0.4, -0.2) is 22.9 Å². The summed E-state index contributed by atoms with van der Waals surface area (Å²) in [6.07, 6.45) is -0.581. The third-order valence-electron chi connectivity index (χ3n) is 2.71. The van der Waals surface area contributed by atoms with Gasteiger partial charge in [-0.1, -0.05) is 38.5 Å². The van der Waals surface area contributed by atoms with Crippen LogP contribution < -0.4 is 11.0 Å². The van der Waals surface area contributed by atoms with Crippen LogP contribution in [0.4, 0.5) is 0 Å². The maximum atomic E-state index is 11.2. The molecule has 0 aromatic rings. The Morgan fingerprint density at radius 2 is 1.88 bits per heavy atom. The van der Waals surface area contributed by atoms with Crippen molar-refractivity contribution in [3.8, 4) is 0 Å². The van der Waals surface area contributed by atoms with Crippen LogP contribution in [0.1, 0.15) is 34.1 Å². The van der Waals surface area contributed by atoms with E-state index in [4.69, 9.17) is 11.0 Å². The second kappa shape index (κ2) is 6.84. The second-order valence-electron chi connectivity index (χ2n) is 5.40. The van der Waals surface area contributed by atoms with Gasteiger partial charge >= 0.3 is 5.97 Å². The van der Waals surface area contributed by atoms with Crippen molar-refractivity contribution in [2.24, 2.45) is 21.9 Å². The van der Waals surface area contributed by atoms with Gasteiger partial charge in [0.1, 0.15) is 0 Å². The summed E-state index contributed by atoms with van der Waals surface area (Å²) in [5.74, 6) is 4.98. The average molecular weight is 282 g/mol. The quantitative estimate of drug-likeness (QED) is 0.369. The molecule has 0 amide bonds. The predicted octanol–water partition coefficient (Wildman–Crippen LogP) is 1.46. The fourth-order valence-corrected chi connectivity index (χ4v) is 3.48. The minimum Gasteiger partial charge on any atom is -0.392 e. The molecule has 5 N–H and O–H groups in total. The monoisotopic (exact) mass is 282 g/mol. The molecule has 0 spiro atoms. The molecule has 5 nitrogen and oxygen atoms in total. The maximum absolute atomic E-state index is 11.2. The zero-order chi connectivity index (χ0) is 13.7. The van der Waals surface area contributed by atoms with Gasteiger partial charge in [0.2, 0.25) is 0 Å². The largest absolute Gasteiger partial charge is 0.392 e. The Bertz CT molecular complexity index is 260. The molecule has 7 heteroatoms. The highest BCUT2D eigenvalue weighted by Gasteiger charge is 2.41. The Morgan fingerprint density at radius 1 is 1.35 bits per heavy atom. The summed E-state index contributed by atoms with van der Waals surface area (Å²) in [5.41, 5.74) is -0.949. The van der Waals surface area contributed by atoms with Crippen LogP contribution in [0.2, 0.25) is 0 Å². The van der Waals surface area contributed by atoms with E-state index >= 15 is 0 Å². The molecule has 1 unspecified atom stereocenters. The average Bonchev–Trinajstić information content (AvgIpc) is 2.24. The van der Waals surface area contributed by atoms with Crippen molar-refractivity contribution in [1.29, 1.82) is 0 Å². The summed E-state index contributed by atoms with van der Waals surface area (Å²) in [4.78, 5) is 15.3. The fourth-order valence-electron chi connectivity index (χ4n) is 1.83.